The third-order valence-corrected chi connectivity index (χ3v) is 5.66. The first-order valence-electron chi connectivity index (χ1n) is 10.7. The highest BCUT2D eigenvalue weighted by molar-refractivity contribution is 5.57. The van der Waals surface area contributed by atoms with Gasteiger partial charge < -0.3 is 9.73 Å². The molecule has 0 atom stereocenters. The number of hydrogen-bond acceptors (Lipinski definition) is 6. The van der Waals surface area contributed by atoms with Crippen LogP contribution in [0.15, 0.2) is 71.3 Å². The van der Waals surface area contributed by atoms with Crippen LogP contribution in [-0.4, -0.2) is 44.0 Å². The summed E-state index contributed by atoms with van der Waals surface area (Å²) < 4.78 is 7.42. The molecule has 31 heavy (non-hydrogen) atoms. The molecule has 1 fully saturated rings. The molecular formula is C24H26N6O. The highest BCUT2D eigenvalue weighted by Crippen LogP contribution is 2.22. The Bertz CT molecular complexity index is 1130. The summed E-state index contributed by atoms with van der Waals surface area (Å²) in [7, 11) is 0. The van der Waals surface area contributed by atoms with E-state index in [9.17, 15) is 0 Å². The van der Waals surface area contributed by atoms with Crippen molar-refractivity contribution < 1.29 is 4.42 Å². The van der Waals surface area contributed by atoms with Crippen LogP contribution in [0.2, 0.25) is 0 Å². The molecule has 2 aromatic carbocycles. The van der Waals surface area contributed by atoms with Crippen LogP contribution in [0.3, 0.4) is 0 Å². The van der Waals surface area contributed by atoms with Gasteiger partial charge in [-0.2, -0.15) is 5.10 Å². The maximum absolute atomic E-state index is 5.54. The molecule has 0 saturated carbocycles. The average molecular weight is 415 g/mol. The molecule has 2 aromatic heterocycles. The number of aromatic nitrogens is 4. The molecule has 0 aliphatic carbocycles. The summed E-state index contributed by atoms with van der Waals surface area (Å²) in [6, 6.07) is 21.1. The molecule has 0 spiro atoms. The lowest BCUT2D eigenvalue weighted by Gasteiger charge is -2.32. The number of likely N-dealkylation sites (tertiary alicyclic amines) is 1. The summed E-state index contributed by atoms with van der Waals surface area (Å²) >= 11 is 0. The first kappa shape index (κ1) is 19.5. The van der Waals surface area contributed by atoms with E-state index in [2.05, 4.69) is 50.7 Å². The number of rotatable bonds is 6. The van der Waals surface area contributed by atoms with Crippen molar-refractivity contribution in [1.29, 1.82) is 0 Å². The van der Waals surface area contributed by atoms with E-state index < -0.39 is 0 Å². The van der Waals surface area contributed by atoms with E-state index in [0.29, 0.717) is 17.8 Å². The predicted molar refractivity (Wildman–Crippen MR) is 120 cm³/mol. The zero-order valence-corrected chi connectivity index (χ0v) is 17.6. The Labute approximate surface area is 181 Å². The number of piperidine rings is 1. The fourth-order valence-electron chi connectivity index (χ4n) is 4.03. The Balaban J connectivity index is 1.19. The summed E-state index contributed by atoms with van der Waals surface area (Å²) in [5.41, 5.74) is 3.22. The van der Waals surface area contributed by atoms with Gasteiger partial charge in [0.05, 0.1) is 5.69 Å². The van der Waals surface area contributed by atoms with Gasteiger partial charge >= 0.3 is 0 Å². The lowest BCUT2D eigenvalue weighted by atomic mass is 10.0. The van der Waals surface area contributed by atoms with Crippen LogP contribution in [0.1, 0.15) is 24.3 Å². The molecule has 1 N–H and O–H groups in total. The molecule has 4 aromatic rings. The van der Waals surface area contributed by atoms with Crippen LogP contribution in [-0.2, 0) is 6.54 Å². The van der Waals surface area contributed by atoms with E-state index in [1.54, 1.807) is 6.92 Å². The lowest BCUT2D eigenvalue weighted by Crippen LogP contribution is -2.38. The molecule has 158 valence electrons. The Morgan fingerprint density at radius 3 is 2.61 bits per heavy atom. The maximum Gasteiger partial charge on any atom is 0.247 e. The monoisotopic (exact) mass is 414 g/mol. The van der Waals surface area contributed by atoms with Gasteiger partial charge in [0.2, 0.25) is 11.8 Å². The molecule has 5 rings (SSSR count). The van der Waals surface area contributed by atoms with Crippen molar-refractivity contribution in [3.8, 4) is 17.1 Å². The fourth-order valence-corrected chi connectivity index (χ4v) is 4.03. The van der Waals surface area contributed by atoms with Gasteiger partial charge in [-0.05, 0) is 36.6 Å². The van der Waals surface area contributed by atoms with Crippen molar-refractivity contribution in [3.05, 3.63) is 78.3 Å². The van der Waals surface area contributed by atoms with Gasteiger partial charge in [-0.1, -0.05) is 36.4 Å². The smallest absolute Gasteiger partial charge is 0.247 e. The zero-order chi connectivity index (χ0) is 21.0. The maximum atomic E-state index is 5.54. The van der Waals surface area contributed by atoms with Crippen molar-refractivity contribution in [2.75, 3.05) is 18.4 Å². The largest absolute Gasteiger partial charge is 0.421 e. The zero-order valence-electron chi connectivity index (χ0n) is 17.6. The Kier molecular flexibility index (Phi) is 5.50. The quantitative estimate of drug-likeness (QED) is 0.507. The van der Waals surface area contributed by atoms with Gasteiger partial charge in [0, 0.05) is 50.4 Å². The number of hydrogen-bond donors (Lipinski definition) is 1. The van der Waals surface area contributed by atoms with E-state index >= 15 is 0 Å². The van der Waals surface area contributed by atoms with Gasteiger partial charge in [0.25, 0.3) is 0 Å². The second kappa shape index (κ2) is 8.73. The van der Waals surface area contributed by atoms with Crippen LogP contribution in [0.25, 0.3) is 17.1 Å². The Morgan fingerprint density at radius 2 is 1.84 bits per heavy atom. The summed E-state index contributed by atoms with van der Waals surface area (Å²) in [4.78, 5) is 2.52. The highest BCUT2D eigenvalue weighted by Gasteiger charge is 2.20. The molecule has 0 amide bonds. The minimum absolute atomic E-state index is 0.447. The van der Waals surface area contributed by atoms with E-state index in [1.165, 1.54) is 5.56 Å². The third kappa shape index (κ3) is 4.67. The normalized spacial score (nSPS) is 15.3. The minimum Gasteiger partial charge on any atom is -0.421 e. The number of anilines is 1. The van der Waals surface area contributed by atoms with Crippen LogP contribution in [0.5, 0.6) is 0 Å². The van der Waals surface area contributed by atoms with Crippen molar-refractivity contribution in [2.24, 2.45) is 0 Å². The summed E-state index contributed by atoms with van der Waals surface area (Å²) in [6.45, 7) is 5.01. The predicted octanol–water partition coefficient (Wildman–Crippen LogP) is 4.31. The van der Waals surface area contributed by atoms with Crippen LogP contribution in [0, 0.1) is 6.92 Å². The molecule has 0 unspecified atom stereocenters. The van der Waals surface area contributed by atoms with Crippen molar-refractivity contribution in [2.45, 2.75) is 32.4 Å². The molecular weight excluding hydrogens is 388 g/mol. The molecule has 3 heterocycles. The number of nitrogens with zero attached hydrogens (tertiary/aromatic N) is 5. The topological polar surface area (TPSA) is 72.0 Å². The Morgan fingerprint density at radius 1 is 1.00 bits per heavy atom. The van der Waals surface area contributed by atoms with E-state index in [-0.39, 0.29) is 0 Å². The van der Waals surface area contributed by atoms with Crippen LogP contribution >= 0.6 is 0 Å². The number of aryl methyl sites for hydroxylation is 1. The summed E-state index contributed by atoms with van der Waals surface area (Å²) in [5, 5.41) is 16.3. The van der Waals surface area contributed by atoms with Crippen LogP contribution < -0.4 is 5.32 Å². The van der Waals surface area contributed by atoms with Gasteiger partial charge in [-0.3, -0.25) is 4.90 Å². The van der Waals surface area contributed by atoms with Crippen molar-refractivity contribution in [3.63, 3.8) is 0 Å². The standard InChI is InChI=1S/C24H26N6O/c1-18-26-27-24(31-18)20-8-5-9-22(16-20)30-15-12-23(28-30)25-21-10-13-29(14-11-21)17-19-6-3-2-4-7-19/h2-9,12,15-16,21H,10-11,13-14,17H2,1H3,(H,25,28). The summed E-state index contributed by atoms with van der Waals surface area (Å²) in [6.07, 6.45) is 4.21. The van der Waals surface area contributed by atoms with Gasteiger partial charge in [0.1, 0.15) is 5.82 Å². The van der Waals surface area contributed by atoms with E-state index in [1.807, 2.05) is 41.2 Å². The van der Waals surface area contributed by atoms with Crippen molar-refractivity contribution in [1.82, 2.24) is 24.9 Å². The minimum atomic E-state index is 0.447. The van der Waals surface area contributed by atoms with Crippen LogP contribution in [0.4, 0.5) is 5.82 Å². The summed E-state index contributed by atoms with van der Waals surface area (Å²) in [5.74, 6) is 1.98. The first-order valence-corrected chi connectivity index (χ1v) is 10.7. The fraction of sp³-hybridized carbons (Fsp3) is 0.292. The highest BCUT2D eigenvalue weighted by atomic mass is 16.4. The van der Waals surface area contributed by atoms with Crippen molar-refractivity contribution >= 4 is 5.82 Å². The SMILES string of the molecule is Cc1nnc(-c2cccc(-n3ccc(NC4CCN(Cc5ccccc5)CC4)n3)c2)o1. The van der Waals surface area contributed by atoms with Gasteiger partial charge in [-0.25, -0.2) is 4.68 Å². The van der Waals surface area contributed by atoms with Gasteiger partial charge in [0.15, 0.2) is 0 Å². The third-order valence-electron chi connectivity index (χ3n) is 5.66. The molecule has 1 aliphatic rings. The first-order chi connectivity index (χ1) is 15.2. The molecule has 1 aliphatic heterocycles. The second-order valence-corrected chi connectivity index (χ2v) is 8.00. The molecule has 7 nitrogen and oxygen atoms in total. The number of nitrogens with one attached hydrogen (secondary N) is 1. The van der Waals surface area contributed by atoms with Gasteiger partial charge in [-0.15, -0.1) is 10.2 Å². The van der Waals surface area contributed by atoms with E-state index in [0.717, 1.165) is 49.5 Å². The Hall–Kier alpha value is -3.45. The molecule has 0 bridgehead atoms. The molecule has 7 heteroatoms. The molecule has 1 saturated heterocycles. The lowest BCUT2D eigenvalue weighted by molar-refractivity contribution is 0.211. The second-order valence-electron chi connectivity index (χ2n) is 8.00. The van der Waals surface area contributed by atoms with E-state index in [4.69, 9.17) is 9.52 Å². The number of benzene rings is 2. The average Bonchev–Trinajstić information content (AvgIpc) is 3.45. The molecule has 0 radical (unpaired) electrons.